The molecule has 1 amide bonds. The number of halogens is 1. The number of nitrogens with zero attached hydrogens (tertiary/aromatic N) is 5. The highest BCUT2D eigenvalue weighted by molar-refractivity contribution is 7.22. The van der Waals surface area contributed by atoms with Gasteiger partial charge in [-0.2, -0.15) is 5.10 Å². The summed E-state index contributed by atoms with van der Waals surface area (Å²) in [5.41, 5.74) is 4.79. The number of aromatic nitrogens is 3. The van der Waals surface area contributed by atoms with Gasteiger partial charge in [-0.05, 0) is 58.0 Å². The average Bonchev–Trinajstić information content (AvgIpc) is 3.32. The van der Waals surface area contributed by atoms with Gasteiger partial charge in [0.15, 0.2) is 10.8 Å². The predicted octanol–water partition coefficient (Wildman–Crippen LogP) is 4.85. The molecule has 0 saturated heterocycles. The SMILES string of the molecule is CCN(CC)CCN(C(=O)c1cc(C)n(CC)n1)c1nc2c(C)ccc(C)c2s1.Cl. The third-order valence-corrected chi connectivity index (χ3v) is 6.65. The quantitative estimate of drug-likeness (QED) is 0.493. The fraction of sp³-hybridized carbons (Fsp3) is 0.500. The van der Waals surface area contributed by atoms with E-state index in [0.717, 1.165) is 52.8 Å². The molecule has 3 rings (SSSR count). The Morgan fingerprint density at radius 3 is 2.30 bits per heavy atom. The molecule has 0 radical (unpaired) electrons. The molecule has 164 valence electrons. The van der Waals surface area contributed by atoms with E-state index in [1.54, 1.807) is 11.3 Å². The van der Waals surface area contributed by atoms with Crippen LogP contribution in [0, 0.1) is 20.8 Å². The summed E-state index contributed by atoms with van der Waals surface area (Å²) in [4.78, 5) is 22.5. The highest BCUT2D eigenvalue weighted by Gasteiger charge is 2.25. The van der Waals surface area contributed by atoms with E-state index in [4.69, 9.17) is 4.98 Å². The van der Waals surface area contributed by atoms with E-state index < -0.39 is 0 Å². The van der Waals surface area contributed by atoms with Gasteiger partial charge in [0, 0.05) is 25.3 Å². The molecule has 0 bridgehead atoms. The molecule has 0 unspecified atom stereocenters. The first-order valence-corrected chi connectivity index (χ1v) is 11.2. The number of rotatable bonds is 8. The van der Waals surface area contributed by atoms with Crippen LogP contribution >= 0.6 is 23.7 Å². The molecular formula is C22H32ClN5OS. The van der Waals surface area contributed by atoms with Crippen molar-refractivity contribution in [2.45, 2.75) is 48.1 Å². The summed E-state index contributed by atoms with van der Waals surface area (Å²) in [5, 5.41) is 5.27. The van der Waals surface area contributed by atoms with Crippen LogP contribution in [0.1, 0.15) is 48.1 Å². The van der Waals surface area contributed by atoms with Crippen molar-refractivity contribution in [3.05, 3.63) is 40.7 Å². The molecule has 0 aliphatic rings. The van der Waals surface area contributed by atoms with Crippen molar-refractivity contribution in [3.8, 4) is 0 Å². The maximum Gasteiger partial charge on any atom is 0.280 e. The van der Waals surface area contributed by atoms with Crippen molar-refractivity contribution in [2.24, 2.45) is 0 Å². The summed E-state index contributed by atoms with van der Waals surface area (Å²) >= 11 is 1.59. The van der Waals surface area contributed by atoms with Crippen molar-refractivity contribution in [1.29, 1.82) is 0 Å². The molecule has 0 aliphatic carbocycles. The first-order chi connectivity index (χ1) is 13.9. The average molecular weight is 450 g/mol. The number of anilines is 1. The van der Waals surface area contributed by atoms with Crippen molar-refractivity contribution >= 4 is 45.0 Å². The Balaban J connectivity index is 0.00000320. The fourth-order valence-electron chi connectivity index (χ4n) is 3.50. The van der Waals surface area contributed by atoms with Crippen molar-refractivity contribution in [1.82, 2.24) is 19.7 Å². The number of hydrogen-bond acceptors (Lipinski definition) is 5. The summed E-state index contributed by atoms with van der Waals surface area (Å²) in [5.74, 6) is -0.0816. The lowest BCUT2D eigenvalue weighted by atomic mass is 10.1. The normalized spacial score (nSPS) is 11.2. The van der Waals surface area contributed by atoms with Crippen LogP contribution in [0.2, 0.25) is 0 Å². The Hall–Kier alpha value is -1.96. The fourth-order valence-corrected chi connectivity index (χ4v) is 4.64. The molecule has 3 aromatic rings. The van der Waals surface area contributed by atoms with Crippen LogP contribution in [0.15, 0.2) is 18.2 Å². The Morgan fingerprint density at radius 2 is 1.73 bits per heavy atom. The van der Waals surface area contributed by atoms with Gasteiger partial charge in [0.2, 0.25) is 0 Å². The van der Waals surface area contributed by atoms with Crippen LogP contribution in [0.25, 0.3) is 10.2 Å². The number of thiazole rings is 1. The number of aryl methyl sites for hydroxylation is 4. The molecular weight excluding hydrogens is 418 g/mol. The minimum Gasteiger partial charge on any atom is -0.302 e. The number of fused-ring (bicyclic) bond motifs is 1. The lowest BCUT2D eigenvalue weighted by Gasteiger charge is -2.24. The summed E-state index contributed by atoms with van der Waals surface area (Å²) in [6.45, 7) is 16.5. The molecule has 8 heteroatoms. The lowest BCUT2D eigenvalue weighted by Crippen LogP contribution is -2.39. The molecule has 0 fully saturated rings. The topological polar surface area (TPSA) is 54.3 Å². The minimum atomic E-state index is -0.0816. The Kier molecular flexibility index (Phi) is 8.41. The number of amides is 1. The van der Waals surface area contributed by atoms with Gasteiger partial charge in [-0.3, -0.25) is 14.4 Å². The first-order valence-electron chi connectivity index (χ1n) is 10.3. The third-order valence-electron chi connectivity index (χ3n) is 5.44. The van der Waals surface area contributed by atoms with Crippen LogP contribution in [0.4, 0.5) is 5.13 Å². The molecule has 30 heavy (non-hydrogen) atoms. The first kappa shape index (κ1) is 24.3. The van der Waals surface area contributed by atoms with E-state index in [9.17, 15) is 4.79 Å². The standard InChI is InChI=1S/C22H31N5OS.ClH/c1-7-25(8-2)12-13-26(21(28)18-14-17(6)27(9-3)24-18)22-23-19-15(4)10-11-16(5)20(19)29-22;/h10-11,14H,7-9,12-13H2,1-6H3;1H. The molecule has 0 N–H and O–H groups in total. The van der Waals surface area contributed by atoms with Crippen LogP contribution < -0.4 is 4.90 Å². The van der Waals surface area contributed by atoms with E-state index in [1.807, 2.05) is 29.5 Å². The van der Waals surface area contributed by atoms with Crippen LogP contribution in [-0.4, -0.2) is 51.8 Å². The Labute approximate surface area is 189 Å². The van der Waals surface area contributed by atoms with Gasteiger partial charge >= 0.3 is 0 Å². The Bertz CT molecular complexity index is 970. The highest BCUT2D eigenvalue weighted by Crippen LogP contribution is 2.33. The molecule has 0 spiro atoms. The monoisotopic (exact) mass is 449 g/mol. The highest BCUT2D eigenvalue weighted by atomic mass is 35.5. The van der Waals surface area contributed by atoms with E-state index in [0.29, 0.717) is 12.2 Å². The summed E-state index contributed by atoms with van der Waals surface area (Å²) in [6.07, 6.45) is 0. The molecule has 6 nitrogen and oxygen atoms in total. The largest absolute Gasteiger partial charge is 0.302 e. The summed E-state index contributed by atoms with van der Waals surface area (Å²) in [6, 6.07) is 6.09. The zero-order chi connectivity index (χ0) is 21.1. The molecule has 2 heterocycles. The van der Waals surface area contributed by atoms with E-state index >= 15 is 0 Å². The minimum absolute atomic E-state index is 0. The maximum absolute atomic E-state index is 13.5. The van der Waals surface area contributed by atoms with Crippen molar-refractivity contribution < 1.29 is 4.79 Å². The van der Waals surface area contributed by atoms with Crippen LogP contribution in [-0.2, 0) is 6.54 Å². The van der Waals surface area contributed by atoms with E-state index in [1.165, 1.54) is 5.56 Å². The zero-order valence-electron chi connectivity index (χ0n) is 18.7. The smallest absolute Gasteiger partial charge is 0.280 e. The van der Waals surface area contributed by atoms with E-state index in [2.05, 4.69) is 49.8 Å². The number of carbonyl (C=O) groups is 1. The number of likely N-dealkylation sites (N-methyl/N-ethyl adjacent to an activating group) is 1. The van der Waals surface area contributed by atoms with Gasteiger partial charge in [0.1, 0.15) is 0 Å². The molecule has 0 aliphatic heterocycles. The number of benzene rings is 1. The maximum atomic E-state index is 13.5. The second-order valence-corrected chi connectivity index (χ2v) is 8.32. The van der Waals surface area contributed by atoms with Gasteiger partial charge in [0.05, 0.1) is 10.2 Å². The van der Waals surface area contributed by atoms with Crippen LogP contribution in [0.3, 0.4) is 0 Å². The summed E-state index contributed by atoms with van der Waals surface area (Å²) < 4.78 is 3.01. The number of carbonyl (C=O) groups excluding carboxylic acids is 1. The lowest BCUT2D eigenvalue weighted by molar-refractivity contribution is 0.0978. The molecule has 0 saturated carbocycles. The molecule has 0 atom stereocenters. The van der Waals surface area contributed by atoms with E-state index in [-0.39, 0.29) is 18.3 Å². The summed E-state index contributed by atoms with van der Waals surface area (Å²) in [7, 11) is 0. The van der Waals surface area contributed by atoms with Crippen molar-refractivity contribution in [3.63, 3.8) is 0 Å². The van der Waals surface area contributed by atoms with Crippen LogP contribution in [0.5, 0.6) is 0 Å². The molecule has 2 aromatic heterocycles. The van der Waals surface area contributed by atoms with Gasteiger partial charge < -0.3 is 4.90 Å². The van der Waals surface area contributed by atoms with Gasteiger partial charge in [-0.1, -0.05) is 37.3 Å². The predicted molar refractivity (Wildman–Crippen MR) is 128 cm³/mol. The number of hydrogen-bond donors (Lipinski definition) is 0. The zero-order valence-corrected chi connectivity index (χ0v) is 20.4. The third kappa shape index (κ3) is 4.85. The van der Waals surface area contributed by atoms with Gasteiger partial charge in [0.25, 0.3) is 5.91 Å². The Morgan fingerprint density at radius 1 is 1.07 bits per heavy atom. The van der Waals surface area contributed by atoms with Crippen molar-refractivity contribution in [2.75, 3.05) is 31.1 Å². The van der Waals surface area contributed by atoms with Gasteiger partial charge in [-0.25, -0.2) is 4.98 Å². The van der Waals surface area contributed by atoms with Gasteiger partial charge in [-0.15, -0.1) is 12.4 Å². The second kappa shape index (κ2) is 10.4. The molecule has 1 aromatic carbocycles. The second-order valence-electron chi connectivity index (χ2n) is 7.34.